The van der Waals surface area contributed by atoms with E-state index in [0.717, 1.165) is 11.2 Å². The Hall–Kier alpha value is -2.37. The largest absolute Gasteiger partial charge is 0.356 e. The summed E-state index contributed by atoms with van der Waals surface area (Å²) < 4.78 is 1.81. The summed E-state index contributed by atoms with van der Waals surface area (Å²) in [5.74, 6) is -0.148. The third-order valence-corrected chi connectivity index (χ3v) is 3.47. The summed E-state index contributed by atoms with van der Waals surface area (Å²) in [6.07, 6.45) is 2.87. The van der Waals surface area contributed by atoms with Crippen molar-refractivity contribution < 1.29 is 9.59 Å². The third kappa shape index (κ3) is 3.44. The Morgan fingerprint density at radius 2 is 2.05 bits per heavy atom. The van der Waals surface area contributed by atoms with Gasteiger partial charge < -0.3 is 10.6 Å². The van der Waals surface area contributed by atoms with Crippen LogP contribution < -0.4 is 10.6 Å². The predicted molar refractivity (Wildman–Crippen MR) is 84.9 cm³/mol. The molecule has 2 amide bonds. The zero-order valence-corrected chi connectivity index (χ0v) is 13.3. The molecule has 6 nitrogen and oxygen atoms in total. The van der Waals surface area contributed by atoms with Crippen molar-refractivity contribution in [2.24, 2.45) is 0 Å². The summed E-state index contributed by atoms with van der Waals surface area (Å²) in [6.45, 7) is 6.78. The molecule has 0 saturated heterocycles. The van der Waals surface area contributed by atoms with Gasteiger partial charge in [0.25, 0.3) is 5.91 Å². The summed E-state index contributed by atoms with van der Waals surface area (Å²) in [5.41, 5.74) is 3.08. The van der Waals surface area contributed by atoms with Gasteiger partial charge in [-0.05, 0) is 38.8 Å². The molecule has 0 aliphatic rings. The molecule has 0 aromatic carbocycles. The minimum absolute atomic E-state index is 0.0124. The molecule has 0 saturated carbocycles. The van der Waals surface area contributed by atoms with Gasteiger partial charge in [-0.15, -0.1) is 0 Å². The smallest absolute Gasteiger partial charge is 0.270 e. The second-order valence-corrected chi connectivity index (χ2v) is 5.24. The maximum atomic E-state index is 12.3. The van der Waals surface area contributed by atoms with Gasteiger partial charge in [-0.3, -0.25) is 14.0 Å². The number of hydrogen-bond donors (Lipinski definition) is 2. The Labute approximate surface area is 129 Å². The highest BCUT2D eigenvalue weighted by Gasteiger charge is 2.16. The lowest BCUT2D eigenvalue weighted by atomic mass is 10.2. The summed E-state index contributed by atoms with van der Waals surface area (Å²) in [7, 11) is 0. The van der Waals surface area contributed by atoms with Crippen LogP contribution in [0.3, 0.4) is 0 Å². The van der Waals surface area contributed by atoms with E-state index in [1.165, 1.54) is 0 Å². The highest BCUT2D eigenvalue weighted by Crippen LogP contribution is 2.15. The predicted octanol–water partition coefficient (Wildman–Crippen LogP) is 1.60. The minimum Gasteiger partial charge on any atom is -0.356 e. The average Bonchev–Trinajstić information content (AvgIpc) is 2.81. The number of carbonyl (C=O) groups is 2. The fourth-order valence-corrected chi connectivity index (χ4v) is 2.41. The van der Waals surface area contributed by atoms with E-state index in [2.05, 4.69) is 15.6 Å². The molecule has 2 heterocycles. The fraction of sp³-hybridized carbons (Fsp3) is 0.438. The van der Waals surface area contributed by atoms with E-state index in [1.54, 1.807) is 0 Å². The van der Waals surface area contributed by atoms with Gasteiger partial charge >= 0.3 is 0 Å². The number of imidazole rings is 1. The molecule has 0 unspecified atom stereocenters. The standard InChI is InChI=1S/C16H22N4O2/c1-4-17-13(21)8-5-9-18-16(22)14-12(3)19-15-11(2)7-6-10-20(14)15/h6-7,10H,4-5,8-9H2,1-3H3,(H,17,21)(H,18,22). The lowest BCUT2D eigenvalue weighted by Gasteiger charge is -2.06. The van der Waals surface area contributed by atoms with Crippen molar-refractivity contribution in [3.63, 3.8) is 0 Å². The van der Waals surface area contributed by atoms with Crippen LogP contribution in [0.4, 0.5) is 0 Å². The summed E-state index contributed by atoms with van der Waals surface area (Å²) in [4.78, 5) is 28.1. The van der Waals surface area contributed by atoms with Crippen molar-refractivity contribution in [1.29, 1.82) is 0 Å². The van der Waals surface area contributed by atoms with Gasteiger partial charge in [0, 0.05) is 25.7 Å². The Morgan fingerprint density at radius 1 is 1.27 bits per heavy atom. The first-order valence-electron chi connectivity index (χ1n) is 7.53. The SMILES string of the molecule is CCNC(=O)CCCNC(=O)c1c(C)nc2c(C)cccn12. The van der Waals surface area contributed by atoms with Crippen molar-refractivity contribution in [1.82, 2.24) is 20.0 Å². The van der Waals surface area contributed by atoms with Gasteiger partial charge in [-0.1, -0.05) is 6.07 Å². The molecule has 0 spiro atoms. The van der Waals surface area contributed by atoms with Crippen LogP contribution in [0.1, 0.15) is 41.5 Å². The van der Waals surface area contributed by atoms with E-state index >= 15 is 0 Å². The van der Waals surface area contributed by atoms with Gasteiger partial charge in [0.1, 0.15) is 11.3 Å². The molecule has 2 rings (SSSR count). The lowest BCUT2D eigenvalue weighted by molar-refractivity contribution is -0.121. The van der Waals surface area contributed by atoms with Crippen molar-refractivity contribution in [3.8, 4) is 0 Å². The number of carbonyl (C=O) groups excluding carboxylic acids is 2. The first kappa shape index (κ1) is 16.0. The van der Waals surface area contributed by atoms with Gasteiger partial charge in [0.15, 0.2) is 0 Å². The zero-order valence-electron chi connectivity index (χ0n) is 13.3. The van der Waals surface area contributed by atoms with E-state index in [-0.39, 0.29) is 11.8 Å². The van der Waals surface area contributed by atoms with E-state index < -0.39 is 0 Å². The minimum atomic E-state index is -0.161. The Balaban J connectivity index is 2.00. The number of pyridine rings is 1. The number of rotatable bonds is 6. The van der Waals surface area contributed by atoms with Gasteiger partial charge in [-0.25, -0.2) is 4.98 Å². The second-order valence-electron chi connectivity index (χ2n) is 5.24. The van der Waals surface area contributed by atoms with Crippen molar-refractivity contribution in [3.05, 3.63) is 35.3 Å². The molecule has 0 fully saturated rings. The molecule has 118 valence electrons. The number of aryl methyl sites for hydroxylation is 2. The molecule has 0 bridgehead atoms. The second kappa shape index (κ2) is 7.06. The monoisotopic (exact) mass is 302 g/mol. The molecule has 22 heavy (non-hydrogen) atoms. The number of nitrogens with zero attached hydrogens (tertiary/aromatic N) is 2. The maximum Gasteiger partial charge on any atom is 0.270 e. The summed E-state index contributed by atoms with van der Waals surface area (Å²) in [5, 5.41) is 5.59. The van der Waals surface area contributed by atoms with Gasteiger partial charge in [0.2, 0.25) is 5.91 Å². The van der Waals surface area contributed by atoms with Crippen LogP contribution in [0, 0.1) is 13.8 Å². The fourth-order valence-electron chi connectivity index (χ4n) is 2.41. The van der Waals surface area contributed by atoms with E-state index in [1.807, 2.05) is 43.5 Å². The first-order valence-corrected chi connectivity index (χ1v) is 7.53. The Morgan fingerprint density at radius 3 is 2.77 bits per heavy atom. The van der Waals surface area contributed by atoms with E-state index in [9.17, 15) is 9.59 Å². The molecular formula is C16H22N4O2. The molecule has 2 N–H and O–H groups in total. The first-order chi connectivity index (χ1) is 10.5. The van der Waals surface area contributed by atoms with Gasteiger partial charge in [-0.2, -0.15) is 0 Å². The normalized spacial score (nSPS) is 10.7. The lowest BCUT2D eigenvalue weighted by Crippen LogP contribution is -2.28. The highest BCUT2D eigenvalue weighted by molar-refractivity contribution is 5.94. The maximum absolute atomic E-state index is 12.3. The molecule has 0 radical (unpaired) electrons. The molecule has 6 heteroatoms. The summed E-state index contributed by atoms with van der Waals surface area (Å²) >= 11 is 0. The molecule has 2 aromatic heterocycles. The highest BCUT2D eigenvalue weighted by atomic mass is 16.2. The van der Waals surface area contributed by atoms with Gasteiger partial charge in [0.05, 0.1) is 5.69 Å². The quantitative estimate of drug-likeness (QED) is 0.796. The average molecular weight is 302 g/mol. The number of amides is 2. The van der Waals surface area contributed by atoms with Crippen LogP contribution in [0.2, 0.25) is 0 Å². The van der Waals surface area contributed by atoms with Crippen LogP contribution in [0.5, 0.6) is 0 Å². The van der Waals surface area contributed by atoms with Crippen LogP contribution in [0.15, 0.2) is 18.3 Å². The molecule has 0 aliphatic carbocycles. The van der Waals surface area contributed by atoms with Crippen molar-refractivity contribution in [2.45, 2.75) is 33.6 Å². The van der Waals surface area contributed by atoms with Crippen molar-refractivity contribution >= 4 is 17.5 Å². The van der Waals surface area contributed by atoms with Crippen LogP contribution in [-0.2, 0) is 4.79 Å². The Bertz CT molecular complexity index is 691. The third-order valence-electron chi connectivity index (χ3n) is 3.47. The summed E-state index contributed by atoms with van der Waals surface area (Å²) in [6, 6.07) is 3.87. The number of hydrogen-bond acceptors (Lipinski definition) is 3. The molecule has 0 atom stereocenters. The van der Waals surface area contributed by atoms with E-state index in [4.69, 9.17) is 0 Å². The Kier molecular flexibility index (Phi) is 5.14. The van der Waals surface area contributed by atoms with Crippen LogP contribution >= 0.6 is 0 Å². The van der Waals surface area contributed by atoms with E-state index in [0.29, 0.717) is 37.3 Å². The molecule has 2 aromatic rings. The van der Waals surface area contributed by atoms with Crippen molar-refractivity contribution in [2.75, 3.05) is 13.1 Å². The molecular weight excluding hydrogens is 280 g/mol. The zero-order chi connectivity index (χ0) is 16.1. The number of aromatic nitrogens is 2. The topological polar surface area (TPSA) is 75.5 Å². The molecule has 0 aliphatic heterocycles. The number of nitrogens with one attached hydrogen (secondary N) is 2. The number of fused-ring (bicyclic) bond motifs is 1. The van der Waals surface area contributed by atoms with Crippen LogP contribution in [0.25, 0.3) is 5.65 Å². The van der Waals surface area contributed by atoms with Crippen LogP contribution in [-0.4, -0.2) is 34.3 Å².